The maximum atomic E-state index is 5.07. The minimum absolute atomic E-state index is 0.514. The van der Waals surface area contributed by atoms with Gasteiger partial charge in [-0.1, -0.05) is 6.92 Å². The Hall–Kier alpha value is -1.09. The number of nitrogens with zero attached hydrogens (tertiary/aromatic N) is 1. The zero-order valence-electron chi connectivity index (χ0n) is 9.08. The molecule has 1 rings (SSSR count). The van der Waals surface area contributed by atoms with Crippen LogP contribution in [0.5, 0.6) is 0 Å². The second-order valence-electron chi connectivity index (χ2n) is 3.63. The van der Waals surface area contributed by atoms with Crippen LogP contribution in [0.1, 0.15) is 12.5 Å². The summed E-state index contributed by atoms with van der Waals surface area (Å²) in [6, 6.07) is 2.00. The number of pyridine rings is 1. The number of aryl methyl sites for hydroxylation is 1. The molecule has 0 aliphatic carbocycles. The number of ether oxygens (including phenoxy) is 1. The van der Waals surface area contributed by atoms with Crippen molar-refractivity contribution in [3.05, 3.63) is 24.0 Å². The third-order valence-corrected chi connectivity index (χ3v) is 2.13. The molecule has 0 spiro atoms. The van der Waals surface area contributed by atoms with Crippen molar-refractivity contribution in [1.82, 2.24) is 4.98 Å². The fourth-order valence-electron chi connectivity index (χ4n) is 1.28. The van der Waals surface area contributed by atoms with E-state index in [0.717, 1.165) is 18.8 Å². The van der Waals surface area contributed by atoms with Crippen molar-refractivity contribution in [3.8, 4) is 0 Å². The summed E-state index contributed by atoms with van der Waals surface area (Å²) in [5.41, 5.74) is 2.33. The van der Waals surface area contributed by atoms with Crippen LogP contribution in [-0.2, 0) is 4.74 Å². The Morgan fingerprint density at radius 1 is 1.57 bits per heavy atom. The van der Waals surface area contributed by atoms with Crippen LogP contribution in [0.2, 0.25) is 0 Å². The zero-order chi connectivity index (χ0) is 10.4. The molecule has 3 heteroatoms. The number of aromatic nitrogens is 1. The molecule has 1 aromatic rings. The molecule has 1 atom stereocenters. The molecule has 0 fully saturated rings. The summed E-state index contributed by atoms with van der Waals surface area (Å²) < 4.78 is 5.07. The van der Waals surface area contributed by atoms with E-state index in [1.165, 1.54) is 5.56 Å². The van der Waals surface area contributed by atoms with Crippen LogP contribution in [0.3, 0.4) is 0 Å². The highest BCUT2D eigenvalue weighted by Gasteiger charge is 2.02. The third kappa shape index (κ3) is 3.34. The highest BCUT2D eigenvalue weighted by atomic mass is 16.5. The van der Waals surface area contributed by atoms with E-state index >= 15 is 0 Å². The van der Waals surface area contributed by atoms with Gasteiger partial charge in [0.25, 0.3) is 0 Å². The molecule has 0 amide bonds. The maximum absolute atomic E-state index is 5.07. The third-order valence-electron chi connectivity index (χ3n) is 2.13. The maximum Gasteiger partial charge on any atom is 0.0556 e. The Balaban J connectivity index is 2.41. The first kappa shape index (κ1) is 11.0. The number of anilines is 1. The summed E-state index contributed by atoms with van der Waals surface area (Å²) in [6.07, 6.45) is 3.66. The molecular formula is C11H18N2O. The summed E-state index contributed by atoms with van der Waals surface area (Å²) in [7, 11) is 1.73. The van der Waals surface area contributed by atoms with E-state index in [4.69, 9.17) is 4.74 Å². The predicted molar refractivity (Wildman–Crippen MR) is 58.5 cm³/mol. The summed E-state index contributed by atoms with van der Waals surface area (Å²) >= 11 is 0. The topological polar surface area (TPSA) is 34.1 Å². The Kier molecular flexibility index (Phi) is 4.40. The Morgan fingerprint density at radius 3 is 3.00 bits per heavy atom. The zero-order valence-corrected chi connectivity index (χ0v) is 9.08. The van der Waals surface area contributed by atoms with E-state index in [2.05, 4.69) is 24.1 Å². The van der Waals surface area contributed by atoms with Crippen molar-refractivity contribution in [1.29, 1.82) is 0 Å². The molecule has 1 N–H and O–H groups in total. The quantitative estimate of drug-likeness (QED) is 0.779. The minimum atomic E-state index is 0.514. The highest BCUT2D eigenvalue weighted by molar-refractivity contribution is 5.47. The van der Waals surface area contributed by atoms with Gasteiger partial charge < -0.3 is 10.1 Å². The van der Waals surface area contributed by atoms with Crippen LogP contribution in [0, 0.1) is 12.8 Å². The van der Waals surface area contributed by atoms with Crippen LogP contribution in [0.25, 0.3) is 0 Å². The first-order valence-electron chi connectivity index (χ1n) is 4.87. The molecule has 0 aliphatic rings. The monoisotopic (exact) mass is 194 g/mol. The predicted octanol–water partition coefficient (Wildman–Crippen LogP) is 2.08. The number of nitrogens with one attached hydrogen (secondary N) is 1. The second-order valence-corrected chi connectivity index (χ2v) is 3.63. The Labute approximate surface area is 85.5 Å². The lowest BCUT2D eigenvalue weighted by Crippen LogP contribution is -2.16. The average Bonchev–Trinajstić information content (AvgIpc) is 2.17. The molecule has 0 aliphatic heterocycles. The van der Waals surface area contributed by atoms with Gasteiger partial charge in [-0.25, -0.2) is 0 Å². The van der Waals surface area contributed by atoms with Crippen LogP contribution in [-0.4, -0.2) is 25.2 Å². The summed E-state index contributed by atoms with van der Waals surface area (Å²) in [5, 5.41) is 3.36. The van der Waals surface area contributed by atoms with E-state index in [9.17, 15) is 0 Å². The van der Waals surface area contributed by atoms with Crippen molar-refractivity contribution in [3.63, 3.8) is 0 Å². The lowest BCUT2D eigenvalue weighted by molar-refractivity contribution is 0.164. The largest absolute Gasteiger partial charge is 0.384 e. The van der Waals surface area contributed by atoms with Gasteiger partial charge in [-0.05, 0) is 24.5 Å². The molecule has 0 radical (unpaired) electrons. The van der Waals surface area contributed by atoms with Gasteiger partial charge in [0, 0.05) is 19.9 Å². The number of hydrogen-bond donors (Lipinski definition) is 1. The molecule has 0 saturated heterocycles. The van der Waals surface area contributed by atoms with Gasteiger partial charge in [0.05, 0.1) is 18.5 Å². The van der Waals surface area contributed by atoms with Gasteiger partial charge in [-0.2, -0.15) is 0 Å². The highest BCUT2D eigenvalue weighted by Crippen LogP contribution is 2.11. The van der Waals surface area contributed by atoms with Crippen LogP contribution in [0.4, 0.5) is 5.69 Å². The standard InChI is InChI=1S/C11H18N2O/c1-9(8-14-3)6-13-11-7-12-5-4-10(11)2/h4-5,7,9,13H,6,8H2,1-3H3. The number of rotatable bonds is 5. The van der Waals surface area contributed by atoms with E-state index in [-0.39, 0.29) is 0 Å². The molecule has 1 heterocycles. The van der Waals surface area contributed by atoms with Crippen LogP contribution >= 0.6 is 0 Å². The molecule has 78 valence electrons. The van der Waals surface area contributed by atoms with E-state index in [0.29, 0.717) is 5.92 Å². The van der Waals surface area contributed by atoms with Crippen molar-refractivity contribution in [2.75, 3.05) is 25.6 Å². The summed E-state index contributed by atoms with van der Waals surface area (Å²) in [5.74, 6) is 0.514. The van der Waals surface area contributed by atoms with E-state index < -0.39 is 0 Å². The fraction of sp³-hybridized carbons (Fsp3) is 0.545. The molecule has 1 unspecified atom stereocenters. The van der Waals surface area contributed by atoms with Gasteiger partial charge in [-0.3, -0.25) is 4.98 Å². The molecular weight excluding hydrogens is 176 g/mol. The molecule has 14 heavy (non-hydrogen) atoms. The van der Waals surface area contributed by atoms with E-state index in [1.54, 1.807) is 13.3 Å². The van der Waals surface area contributed by atoms with Crippen LogP contribution < -0.4 is 5.32 Å². The first-order chi connectivity index (χ1) is 6.74. The Morgan fingerprint density at radius 2 is 2.36 bits per heavy atom. The molecule has 0 aromatic carbocycles. The van der Waals surface area contributed by atoms with Gasteiger partial charge >= 0.3 is 0 Å². The van der Waals surface area contributed by atoms with Crippen molar-refractivity contribution < 1.29 is 4.74 Å². The van der Waals surface area contributed by atoms with Crippen molar-refractivity contribution in [2.24, 2.45) is 5.92 Å². The molecule has 1 aromatic heterocycles. The number of methoxy groups -OCH3 is 1. The fourth-order valence-corrected chi connectivity index (χ4v) is 1.28. The molecule has 0 bridgehead atoms. The number of hydrogen-bond acceptors (Lipinski definition) is 3. The lowest BCUT2D eigenvalue weighted by Gasteiger charge is -2.13. The average molecular weight is 194 g/mol. The summed E-state index contributed by atoms with van der Waals surface area (Å²) in [6.45, 7) is 5.93. The first-order valence-corrected chi connectivity index (χ1v) is 4.87. The normalized spacial score (nSPS) is 12.5. The van der Waals surface area contributed by atoms with Gasteiger partial charge in [0.2, 0.25) is 0 Å². The van der Waals surface area contributed by atoms with Crippen molar-refractivity contribution in [2.45, 2.75) is 13.8 Å². The Bertz CT molecular complexity index is 276. The van der Waals surface area contributed by atoms with Gasteiger partial charge in [-0.15, -0.1) is 0 Å². The van der Waals surface area contributed by atoms with Crippen LogP contribution in [0.15, 0.2) is 18.5 Å². The molecule has 0 saturated carbocycles. The smallest absolute Gasteiger partial charge is 0.0556 e. The molecule has 3 nitrogen and oxygen atoms in total. The minimum Gasteiger partial charge on any atom is -0.384 e. The lowest BCUT2D eigenvalue weighted by atomic mass is 10.2. The summed E-state index contributed by atoms with van der Waals surface area (Å²) in [4.78, 5) is 4.08. The SMILES string of the molecule is COCC(C)CNc1cnccc1C. The van der Waals surface area contributed by atoms with E-state index in [1.807, 2.05) is 12.3 Å². The second kappa shape index (κ2) is 5.60. The van der Waals surface area contributed by atoms with Crippen molar-refractivity contribution >= 4 is 5.69 Å². The van der Waals surface area contributed by atoms with Gasteiger partial charge in [0.1, 0.15) is 0 Å². The van der Waals surface area contributed by atoms with Gasteiger partial charge in [0.15, 0.2) is 0 Å².